The highest BCUT2D eigenvalue weighted by Crippen LogP contribution is 2.32. The van der Waals surface area contributed by atoms with Gasteiger partial charge in [0.15, 0.2) is 5.82 Å². The van der Waals surface area contributed by atoms with Crippen LogP contribution in [-0.4, -0.2) is 41.4 Å². The highest BCUT2D eigenvalue weighted by atomic mass is 19.1. The molecule has 2 unspecified atom stereocenters. The molecule has 1 saturated heterocycles. The van der Waals surface area contributed by atoms with Gasteiger partial charge in [-0.15, -0.1) is 0 Å². The van der Waals surface area contributed by atoms with Crippen LogP contribution in [0.5, 0.6) is 0 Å². The molecule has 160 valence electrons. The van der Waals surface area contributed by atoms with Crippen molar-refractivity contribution in [3.05, 3.63) is 77.5 Å². The monoisotopic (exact) mass is 419 g/mol. The number of aryl methyl sites for hydroxylation is 1. The van der Waals surface area contributed by atoms with Crippen molar-refractivity contribution in [3.63, 3.8) is 0 Å². The summed E-state index contributed by atoms with van der Waals surface area (Å²) in [5.41, 5.74) is 2.98. The molecule has 0 spiro atoms. The molecule has 2 aromatic carbocycles. The Balaban J connectivity index is 1.36. The number of amidine groups is 1. The van der Waals surface area contributed by atoms with Crippen molar-refractivity contribution in [2.75, 3.05) is 24.7 Å². The Morgan fingerprint density at radius 1 is 1.16 bits per heavy atom. The summed E-state index contributed by atoms with van der Waals surface area (Å²) in [6.07, 6.45) is 1.84. The van der Waals surface area contributed by atoms with Crippen molar-refractivity contribution in [2.45, 2.75) is 20.4 Å². The lowest BCUT2D eigenvalue weighted by Gasteiger charge is -2.28. The molecule has 5 rings (SSSR count). The number of benzene rings is 2. The van der Waals surface area contributed by atoms with Crippen LogP contribution in [0.1, 0.15) is 18.1 Å². The number of aliphatic imine (C=N–C) groups is 1. The van der Waals surface area contributed by atoms with Gasteiger partial charge in [0, 0.05) is 37.4 Å². The number of anilines is 1. The molecular formula is C24H26FN5O. The molecule has 0 radical (unpaired) electrons. The first kappa shape index (κ1) is 19.8. The molecule has 3 aliphatic rings. The first-order valence-corrected chi connectivity index (χ1v) is 10.7. The molecule has 0 aromatic heterocycles. The van der Waals surface area contributed by atoms with Crippen LogP contribution in [0.4, 0.5) is 14.9 Å². The number of hydrogen-bond acceptors (Lipinski definition) is 4. The minimum absolute atomic E-state index is 0.167. The smallest absolute Gasteiger partial charge is 0.325 e. The van der Waals surface area contributed by atoms with E-state index in [0.29, 0.717) is 18.4 Å². The SMILES string of the molecule is Cc1ccc(F)cc1N1C=C2N=C(C3CN(Cc4ccccc4)CC3C)NC(=O)N2C1. The molecule has 3 aliphatic heterocycles. The van der Waals surface area contributed by atoms with Gasteiger partial charge in [-0.1, -0.05) is 43.3 Å². The van der Waals surface area contributed by atoms with E-state index in [9.17, 15) is 9.18 Å². The van der Waals surface area contributed by atoms with Crippen LogP contribution in [0.15, 0.2) is 65.5 Å². The number of halogens is 1. The van der Waals surface area contributed by atoms with E-state index in [4.69, 9.17) is 4.99 Å². The number of urea groups is 1. The van der Waals surface area contributed by atoms with Crippen molar-refractivity contribution in [1.82, 2.24) is 15.1 Å². The van der Waals surface area contributed by atoms with E-state index in [1.165, 1.54) is 17.7 Å². The molecule has 0 saturated carbocycles. The minimum Gasteiger partial charge on any atom is -0.325 e. The summed E-state index contributed by atoms with van der Waals surface area (Å²) >= 11 is 0. The third-order valence-corrected chi connectivity index (χ3v) is 6.33. The van der Waals surface area contributed by atoms with E-state index in [-0.39, 0.29) is 17.8 Å². The molecule has 6 nitrogen and oxygen atoms in total. The number of amides is 2. The standard InChI is InChI=1S/C24H26FN5O/c1-16-8-9-19(25)10-21(16)29-14-22-26-23(27-24(31)30(22)15-29)20-13-28(11-17(20)2)12-18-6-4-3-5-7-18/h3-10,14,17,20H,11-13,15H2,1-2H3,(H,26,27,31). The van der Waals surface area contributed by atoms with Crippen molar-refractivity contribution in [1.29, 1.82) is 0 Å². The molecule has 0 bridgehead atoms. The number of carbonyl (C=O) groups excluding carboxylic acids is 1. The topological polar surface area (TPSA) is 51.2 Å². The lowest BCUT2D eigenvalue weighted by atomic mass is 9.96. The Morgan fingerprint density at radius 3 is 2.77 bits per heavy atom. The molecule has 0 aliphatic carbocycles. The van der Waals surface area contributed by atoms with Gasteiger partial charge in [0.05, 0.1) is 0 Å². The van der Waals surface area contributed by atoms with E-state index < -0.39 is 0 Å². The summed E-state index contributed by atoms with van der Waals surface area (Å²) in [5.74, 6) is 1.60. The van der Waals surface area contributed by atoms with Gasteiger partial charge in [-0.2, -0.15) is 0 Å². The van der Waals surface area contributed by atoms with E-state index >= 15 is 0 Å². The predicted molar refractivity (Wildman–Crippen MR) is 119 cm³/mol. The fraction of sp³-hybridized carbons (Fsp3) is 0.333. The number of hydrogen-bond donors (Lipinski definition) is 1. The normalized spacial score (nSPS) is 23.5. The van der Waals surface area contributed by atoms with Gasteiger partial charge < -0.3 is 4.90 Å². The number of rotatable bonds is 4. The van der Waals surface area contributed by atoms with Crippen molar-refractivity contribution < 1.29 is 9.18 Å². The highest BCUT2D eigenvalue weighted by molar-refractivity contribution is 6.02. The van der Waals surface area contributed by atoms with Gasteiger partial charge in [0.2, 0.25) is 0 Å². The zero-order valence-electron chi connectivity index (χ0n) is 17.8. The molecule has 31 heavy (non-hydrogen) atoms. The maximum Gasteiger partial charge on any atom is 0.329 e. The van der Waals surface area contributed by atoms with Crippen molar-refractivity contribution in [2.24, 2.45) is 16.8 Å². The molecular weight excluding hydrogens is 393 g/mol. The zero-order valence-corrected chi connectivity index (χ0v) is 17.8. The number of nitrogens with zero attached hydrogens (tertiary/aromatic N) is 4. The van der Waals surface area contributed by atoms with E-state index in [0.717, 1.165) is 36.7 Å². The Morgan fingerprint density at radius 2 is 1.97 bits per heavy atom. The number of fused-ring (bicyclic) bond motifs is 1. The quantitative estimate of drug-likeness (QED) is 0.818. The molecule has 1 fully saturated rings. The first-order valence-electron chi connectivity index (χ1n) is 10.7. The second-order valence-corrected chi connectivity index (χ2v) is 8.65. The van der Waals surface area contributed by atoms with Crippen molar-refractivity contribution in [3.8, 4) is 0 Å². The van der Waals surface area contributed by atoms with E-state index in [1.54, 1.807) is 11.0 Å². The van der Waals surface area contributed by atoms with Gasteiger partial charge in [0.1, 0.15) is 18.3 Å². The van der Waals surface area contributed by atoms with E-state index in [2.05, 4.69) is 41.4 Å². The first-order chi connectivity index (χ1) is 15.0. The largest absolute Gasteiger partial charge is 0.329 e. The van der Waals surface area contributed by atoms with Crippen LogP contribution >= 0.6 is 0 Å². The summed E-state index contributed by atoms with van der Waals surface area (Å²) in [4.78, 5) is 23.5. The number of carbonyl (C=O) groups is 1. The average molecular weight is 420 g/mol. The summed E-state index contributed by atoms with van der Waals surface area (Å²) in [6.45, 7) is 7.18. The number of likely N-dealkylation sites (tertiary alicyclic amines) is 1. The lowest BCUT2D eigenvalue weighted by Crippen LogP contribution is -2.49. The molecule has 2 atom stereocenters. The third-order valence-electron chi connectivity index (χ3n) is 6.33. The van der Waals surface area contributed by atoms with Gasteiger partial charge >= 0.3 is 6.03 Å². The van der Waals surface area contributed by atoms with Gasteiger partial charge in [-0.3, -0.25) is 15.1 Å². The molecule has 2 aromatic rings. The Kier molecular flexibility index (Phi) is 4.98. The van der Waals surface area contributed by atoms with E-state index in [1.807, 2.05) is 24.1 Å². The maximum atomic E-state index is 13.8. The van der Waals surface area contributed by atoms with Crippen LogP contribution in [0, 0.1) is 24.6 Å². The third kappa shape index (κ3) is 3.81. The zero-order chi connectivity index (χ0) is 21.5. The van der Waals surface area contributed by atoms with Gasteiger partial charge in [0.25, 0.3) is 0 Å². The van der Waals surface area contributed by atoms with Crippen LogP contribution in [0.25, 0.3) is 0 Å². The summed E-state index contributed by atoms with van der Waals surface area (Å²) in [7, 11) is 0. The highest BCUT2D eigenvalue weighted by Gasteiger charge is 2.39. The number of nitrogens with one attached hydrogen (secondary N) is 1. The van der Waals surface area contributed by atoms with Crippen LogP contribution in [-0.2, 0) is 6.54 Å². The minimum atomic E-state index is -0.296. The second kappa shape index (κ2) is 7.81. The molecule has 7 heteroatoms. The maximum absolute atomic E-state index is 13.8. The molecule has 1 N–H and O–H groups in total. The van der Waals surface area contributed by atoms with Gasteiger partial charge in [-0.05, 0) is 36.1 Å². The Labute approximate surface area is 181 Å². The fourth-order valence-electron chi connectivity index (χ4n) is 4.67. The summed E-state index contributed by atoms with van der Waals surface area (Å²) in [6, 6.07) is 14.9. The van der Waals surface area contributed by atoms with Crippen LogP contribution < -0.4 is 10.2 Å². The summed E-state index contributed by atoms with van der Waals surface area (Å²) < 4.78 is 13.8. The fourth-order valence-corrected chi connectivity index (χ4v) is 4.67. The Hall–Kier alpha value is -3.19. The molecule has 3 heterocycles. The Bertz CT molecular complexity index is 1070. The average Bonchev–Trinajstić information content (AvgIpc) is 3.34. The van der Waals surface area contributed by atoms with Gasteiger partial charge in [-0.25, -0.2) is 14.2 Å². The van der Waals surface area contributed by atoms with Crippen LogP contribution in [0.2, 0.25) is 0 Å². The second-order valence-electron chi connectivity index (χ2n) is 8.65. The van der Waals surface area contributed by atoms with Crippen LogP contribution in [0.3, 0.4) is 0 Å². The predicted octanol–water partition coefficient (Wildman–Crippen LogP) is 3.90. The van der Waals surface area contributed by atoms with Crippen molar-refractivity contribution >= 4 is 17.6 Å². The molecule has 2 amide bonds. The summed E-state index contributed by atoms with van der Waals surface area (Å²) in [5, 5.41) is 3.01. The lowest BCUT2D eigenvalue weighted by molar-refractivity contribution is 0.216.